The van der Waals surface area contributed by atoms with Crippen LogP contribution in [-0.4, -0.2) is 6.04 Å². The fraction of sp³-hybridized carbons (Fsp3) is 0.667. The van der Waals surface area contributed by atoms with E-state index in [1.54, 1.807) is 0 Å². The summed E-state index contributed by atoms with van der Waals surface area (Å²) in [5.41, 5.74) is 2.38. The second-order valence-corrected chi connectivity index (χ2v) is 7.46. The fourth-order valence-electron chi connectivity index (χ4n) is 4.60. The molecule has 0 aliphatic heterocycles. The molecule has 2 aliphatic carbocycles. The van der Waals surface area contributed by atoms with Gasteiger partial charge in [-0.3, -0.25) is 0 Å². The first kappa shape index (κ1) is 13.2. The highest BCUT2D eigenvalue weighted by molar-refractivity contribution is 5.20. The van der Waals surface area contributed by atoms with Gasteiger partial charge in [-0.2, -0.15) is 0 Å². The Bertz CT molecular complexity index is 450. The molecular weight excluding hydrogens is 230 g/mol. The molecule has 104 valence electrons. The van der Waals surface area contributed by atoms with Crippen LogP contribution in [0.2, 0.25) is 0 Å². The van der Waals surface area contributed by atoms with E-state index < -0.39 is 0 Å². The van der Waals surface area contributed by atoms with Crippen molar-refractivity contribution in [1.29, 1.82) is 0 Å². The minimum atomic E-state index is 0.457. The van der Waals surface area contributed by atoms with E-state index in [1.807, 2.05) is 0 Å². The van der Waals surface area contributed by atoms with Crippen molar-refractivity contribution in [3.05, 3.63) is 35.9 Å². The summed E-state index contributed by atoms with van der Waals surface area (Å²) in [6, 6.07) is 12.0. The lowest BCUT2D eigenvalue weighted by Crippen LogP contribution is -2.45. The van der Waals surface area contributed by atoms with Crippen molar-refractivity contribution in [3.8, 4) is 0 Å². The number of hydrogen-bond acceptors (Lipinski definition) is 1. The summed E-state index contributed by atoms with van der Waals surface area (Å²) in [7, 11) is 0. The molecule has 0 spiro atoms. The molecule has 3 rings (SSSR count). The maximum atomic E-state index is 3.92. The highest BCUT2D eigenvalue weighted by Gasteiger charge is 2.61. The highest BCUT2D eigenvalue weighted by Crippen LogP contribution is 2.65. The van der Waals surface area contributed by atoms with E-state index in [-0.39, 0.29) is 0 Å². The van der Waals surface area contributed by atoms with Crippen molar-refractivity contribution in [2.75, 3.05) is 0 Å². The summed E-state index contributed by atoms with van der Waals surface area (Å²) in [5.74, 6) is 0.915. The third-order valence-corrected chi connectivity index (χ3v) is 6.54. The largest absolute Gasteiger partial charge is 0.307 e. The maximum absolute atomic E-state index is 3.92. The minimum absolute atomic E-state index is 0.457. The second kappa shape index (κ2) is 4.34. The topological polar surface area (TPSA) is 12.0 Å². The van der Waals surface area contributed by atoms with Crippen molar-refractivity contribution in [3.63, 3.8) is 0 Å². The van der Waals surface area contributed by atoms with E-state index in [9.17, 15) is 0 Å². The predicted octanol–water partition coefficient (Wildman–Crippen LogP) is 4.55. The maximum Gasteiger partial charge on any atom is 0.0294 e. The van der Waals surface area contributed by atoms with Gasteiger partial charge in [0.05, 0.1) is 0 Å². The third kappa shape index (κ3) is 1.86. The standard InChI is InChI=1S/C18H27N/c1-13(14-8-6-5-7-9-14)19-16-12-15-10-11-18(16,4)17(15,2)3/h5-9,13,15-16,19H,10-12H2,1-4H3. The van der Waals surface area contributed by atoms with Crippen molar-refractivity contribution < 1.29 is 0 Å². The zero-order valence-electron chi connectivity index (χ0n) is 12.7. The Labute approximate surface area is 117 Å². The number of nitrogens with one attached hydrogen (secondary N) is 1. The van der Waals surface area contributed by atoms with Gasteiger partial charge in [-0.15, -0.1) is 0 Å². The second-order valence-electron chi connectivity index (χ2n) is 7.46. The number of hydrogen-bond donors (Lipinski definition) is 1. The molecule has 0 saturated heterocycles. The summed E-state index contributed by atoms with van der Waals surface area (Å²) in [5, 5.41) is 3.92. The first-order valence-corrected chi connectivity index (χ1v) is 7.76. The molecule has 19 heavy (non-hydrogen) atoms. The number of rotatable bonds is 3. The molecule has 4 unspecified atom stereocenters. The third-order valence-electron chi connectivity index (χ3n) is 6.54. The molecule has 1 heteroatoms. The molecule has 0 aromatic heterocycles. The zero-order chi connectivity index (χ0) is 13.7. The van der Waals surface area contributed by atoms with Crippen molar-refractivity contribution in [2.45, 2.75) is 59.0 Å². The molecule has 2 bridgehead atoms. The zero-order valence-corrected chi connectivity index (χ0v) is 12.7. The van der Waals surface area contributed by atoms with E-state index >= 15 is 0 Å². The molecule has 0 heterocycles. The van der Waals surface area contributed by atoms with Gasteiger partial charge in [0.15, 0.2) is 0 Å². The Morgan fingerprint density at radius 1 is 1.16 bits per heavy atom. The van der Waals surface area contributed by atoms with Crippen LogP contribution in [0.4, 0.5) is 0 Å². The molecule has 2 saturated carbocycles. The summed E-state index contributed by atoms with van der Waals surface area (Å²) >= 11 is 0. The summed E-state index contributed by atoms with van der Waals surface area (Å²) in [6.07, 6.45) is 4.19. The Hall–Kier alpha value is -0.820. The Balaban J connectivity index is 1.76. The van der Waals surface area contributed by atoms with E-state index in [0.717, 1.165) is 5.92 Å². The lowest BCUT2D eigenvalue weighted by atomic mass is 9.69. The first-order valence-electron chi connectivity index (χ1n) is 7.76. The van der Waals surface area contributed by atoms with Gasteiger partial charge in [-0.1, -0.05) is 51.1 Å². The molecule has 4 atom stereocenters. The molecule has 0 amide bonds. The molecule has 0 radical (unpaired) electrons. The molecular formula is C18H27N. The van der Waals surface area contributed by atoms with Crippen molar-refractivity contribution >= 4 is 0 Å². The summed E-state index contributed by atoms with van der Waals surface area (Å²) < 4.78 is 0. The Kier molecular flexibility index (Phi) is 3.01. The van der Waals surface area contributed by atoms with Gasteiger partial charge in [0.1, 0.15) is 0 Å². The molecule has 1 nitrogen and oxygen atoms in total. The van der Waals surface area contributed by atoms with Crippen LogP contribution in [0.3, 0.4) is 0 Å². The molecule has 1 N–H and O–H groups in total. The van der Waals surface area contributed by atoms with E-state index in [4.69, 9.17) is 0 Å². The normalized spacial score (nSPS) is 37.5. The lowest BCUT2D eigenvalue weighted by Gasteiger charge is -2.40. The average molecular weight is 257 g/mol. The van der Waals surface area contributed by atoms with Gasteiger partial charge in [0, 0.05) is 12.1 Å². The van der Waals surface area contributed by atoms with Crippen LogP contribution in [-0.2, 0) is 0 Å². The van der Waals surface area contributed by atoms with Gasteiger partial charge in [0.2, 0.25) is 0 Å². The van der Waals surface area contributed by atoms with Gasteiger partial charge in [-0.05, 0) is 48.5 Å². The fourth-order valence-corrected chi connectivity index (χ4v) is 4.60. The van der Waals surface area contributed by atoms with Crippen LogP contribution in [0.25, 0.3) is 0 Å². The molecule has 2 fully saturated rings. The smallest absolute Gasteiger partial charge is 0.0294 e. The number of fused-ring (bicyclic) bond motifs is 2. The molecule has 1 aromatic carbocycles. The van der Waals surface area contributed by atoms with Crippen LogP contribution in [0.15, 0.2) is 30.3 Å². The van der Waals surface area contributed by atoms with E-state index in [2.05, 4.69) is 63.3 Å². The van der Waals surface area contributed by atoms with Crippen LogP contribution in [0.5, 0.6) is 0 Å². The summed E-state index contributed by atoms with van der Waals surface area (Å²) in [6.45, 7) is 9.78. The van der Waals surface area contributed by atoms with Crippen LogP contribution in [0, 0.1) is 16.7 Å². The quantitative estimate of drug-likeness (QED) is 0.837. The predicted molar refractivity (Wildman–Crippen MR) is 81.0 cm³/mol. The average Bonchev–Trinajstić information content (AvgIpc) is 2.73. The molecule has 1 aromatic rings. The first-order chi connectivity index (χ1) is 8.95. The van der Waals surface area contributed by atoms with Crippen LogP contribution >= 0.6 is 0 Å². The monoisotopic (exact) mass is 257 g/mol. The minimum Gasteiger partial charge on any atom is -0.307 e. The van der Waals surface area contributed by atoms with E-state index in [1.165, 1.54) is 24.8 Å². The number of benzene rings is 1. The van der Waals surface area contributed by atoms with Crippen molar-refractivity contribution in [1.82, 2.24) is 5.32 Å². The summed E-state index contributed by atoms with van der Waals surface area (Å²) in [4.78, 5) is 0. The van der Waals surface area contributed by atoms with Gasteiger partial charge < -0.3 is 5.32 Å². The van der Waals surface area contributed by atoms with Gasteiger partial charge in [0.25, 0.3) is 0 Å². The van der Waals surface area contributed by atoms with E-state index in [0.29, 0.717) is 22.9 Å². The Morgan fingerprint density at radius 3 is 2.37 bits per heavy atom. The van der Waals surface area contributed by atoms with Gasteiger partial charge in [-0.25, -0.2) is 0 Å². The SMILES string of the molecule is CC(NC1CC2CCC1(C)C2(C)C)c1ccccc1. The highest BCUT2D eigenvalue weighted by atomic mass is 15.0. The lowest BCUT2D eigenvalue weighted by molar-refractivity contribution is 0.116. The van der Waals surface area contributed by atoms with Gasteiger partial charge >= 0.3 is 0 Å². The molecule has 2 aliphatic rings. The Morgan fingerprint density at radius 2 is 1.84 bits per heavy atom. The van der Waals surface area contributed by atoms with Crippen LogP contribution in [0.1, 0.15) is 58.6 Å². The van der Waals surface area contributed by atoms with Crippen LogP contribution < -0.4 is 5.32 Å². The van der Waals surface area contributed by atoms with Crippen molar-refractivity contribution in [2.24, 2.45) is 16.7 Å².